The van der Waals surface area contributed by atoms with Crippen LogP contribution in [0.2, 0.25) is 5.15 Å². The zero-order chi connectivity index (χ0) is 24.7. The Labute approximate surface area is 195 Å². The lowest BCUT2D eigenvalue weighted by molar-refractivity contribution is 0.390. The van der Waals surface area contributed by atoms with Gasteiger partial charge >= 0.3 is 0 Å². The number of benzene rings is 2. The predicted molar refractivity (Wildman–Crippen MR) is 125 cm³/mol. The highest BCUT2D eigenvalue weighted by Crippen LogP contribution is 2.29. The number of ether oxygens (including phenoxy) is 3. The van der Waals surface area contributed by atoms with Crippen molar-refractivity contribution in [3.8, 4) is 17.2 Å². The fourth-order valence-corrected chi connectivity index (χ4v) is 3.50. The third-order valence-electron chi connectivity index (χ3n) is 4.47. The summed E-state index contributed by atoms with van der Waals surface area (Å²) in [7, 11) is 0.712. The molecule has 9 heteroatoms. The van der Waals surface area contributed by atoms with Gasteiger partial charge in [-0.2, -0.15) is 0 Å². The molecule has 0 aliphatic heterocycles. The number of methoxy groups -OCH3 is 3. The minimum atomic E-state index is -2.51. The number of hydrogen-bond donors (Lipinski definition) is 2. The number of nitrogens with zero attached hydrogens (tertiary/aromatic N) is 2. The van der Waals surface area contributed by atoms with E-state index in [-0.39, 0.29) is 5.75 Å². The Hall–Kier alpha value is -2.68. The van der Waals surface area contributed by atoms with Gasteiger partial charge in [-0.3, -0.25) is 0 Å². The quantitative estimate of drug-likeness (QED) is 0.249. The van der Waals surface area contributed by atoms with Crippen molar-refractivity contribution in [3.05, 3.63) is 58.7 Å². The van der Waals surface area contributed by atoms with Gasteiger partial charge in [0.05, 0.1) is 25.4 Å². The Morgan fingerprint density at radius 3 is 2.45 bits per heavy atom. The number of hydrogen-bond acceptors (Lipinski definition) is 8. The normalized spacial score (nSPS) is 12.5. The van der Waals surface area contributed by atoms with E-state index in [1.165, 1.54) is 11.8 Å². The van der Waals surface area contributed by atoms with Crippen molar-refractivity contribution in [1.29, 1.82) is 0 Å². The van der Waals surface area contributed by atoms with Crippen molar-refractivity contribution < 1.29 is 18.3 Å². The van der Waals surface area contributed by atoms with Crippen LogP contribution < -0.4 is 24.8 Å². The zero-order valence-electron chi connectivity index (χ0n) is 20.4. The molecular weight excluding hydrogens is 436 g/mol. The van der Waals surface area contributed by atoms with Gasteiger partial charge in [0.1, 0.15) is 28.2 Å². The first-order valence-corrected chi connectivity index (χ1v) is 10.9. The molecular formula is C22H25ClN4O3S. The van der Waals surface area contributed by atoms with Gasteiger partial charge in [0.2, 0.25) is 0 Å². The molecule has 1 aromatic heterocycles. The number of anilines is 2. The molecule has 7 nitrogen and oxygen atoms in total. The lowest BCUT2D eigenvalue weighted by atomic mass is 10.2. The molecule has 0 saturated heterocycles. The molecule has 3 aromatic rings. The lowest BCUT2D eigenvalue weighted by Crippen LogP contribution is -2.16. The lowest BCUT2D eigenvalue weighted by Gasteiger charge is -2.15. The second-order valence-electron chi connectivity index (χ2n) is 6.36. The summed E-state index contributed by atoms with van der Waals surface area (Å²) in [6.07, 6.45) is 1.87. The first-order valence-electron chi connectivity index (χ1n) is 10.8. The van der Waals surface area contributed by atoms with Crippen LogP contribution in [0.4, 0.5) is 11.5 Å². The Morgan fingerprint density at radius 1 is 1.00 bits per heavy atom. The van der Waals surface area contributed by atoms with Crippen molar-refractivity contribution in [3.63, 3.8) is 0 Å². The van der Waals surface area contributed by atoms with Gasteiger partial charge in [0.25, 0.3) is 0 Å². The number of rotatable bonds is 10. The molecule has 0 atom stereocenters. The van der Waals surface area contributed by atoms with Crippen LogP contribution in [0.15, 0.2) is 47.6 Å². The molecule has 0 radical (unpaired) electrons. The van der Waals surface area contributed by atoms with Gasteiger partial charge in [0.15, 0.2) is 5.16 Å². The van der Waals surface area contributed by atoms with Gasteiger partial charge in [0, 0.05) is 36.0 Å². The molecule has 2 N–H and O–H groups in total. The van der Waals surface area contributed by atoms with Crippen LogP contribution in [0, 0.1) is 0 Å². The third-order valence-corrected chi connectivity index (χ3v) is 5.33. The Balaban J connectivity index is 1.77. The van der Waals surface area contributed by atoms with Crippen LogP contribution in [0.1, 0.15) is 15.2 Å². The molecule has 0 saturated carbocycles. The van der Waals surface area contributed by atoms with Crippen molar-refractivity contribution in [1.82, 2.24) is 15.3 Å². The van der Waals surface area contributed by atoms with Gasteiger partial charge < -0.3 is 24.8 Å². The van der Waals surface area contributed by atoms with Crippen molar-refractivity contribution in [2.75, 3.05) is 32.8 Å². The molecule has 0 fully saturated rings. The Morgan fingerprint density at radius 2 is 1.77 bits per heavy atom. The summed E-state index contributed by atoms with van der Waals surface area (Å²) < 4.78 is 37.2. The maximum atomic E-state index is 7.21. The number of thioether (sulfide) groups is 1. The van der Waals surface area contributed by atoms with Gasteiger partial charge in [-0.05, 0) is 36.6 Å². The summed E-state index contributed by atoms with van der Waals surface area (Å²) in [6.45, 7) is 0.916. The number of halogens is 1. The van der Waals surface area contributed by atoms with Crippen molar-refractivity contribution in [2.45, 2.75) is 18.2 Å². The van der Waals surface area contributed by atoms with E-state index < -0.39 is 7.04 Å². The third kappa shape index (κ3) is 5.94. The monoisotopic (exact) mass is 463 g/mol. The maximum absolute atomic E-state index is 7.21. The molecule has 1 heterocycles. The first kappa shape index (κ1) is 19.0. The minimum absolute atomic E-state index is 0.242. The molecule has 2 aromatic carbocycles. The second kappa shape index (κ2) is 11.1. The molecule has 31 heavy (non-hydrogen) atoms. The summed E-state index contributed by atoms with van der Waals surface area (Å²) in [5.74, 6) is 2.21. The van der Waals surface area contributed by atoms with Crippen LogP contribution in [-0.2, 0) is 13.1 Å². The smallest absolute Gasteiger partial charge is 0.190 e. The zero-order valence-corrected chi connectivity index (χ0v) is 18.9. The SMILES string of the molecule is [2H]C([2H])([2H])Oc1ccc(Nc2nc(SC)nc(Cl)c2CNCc2ccc(OC)cc2OC)cc1. The molecule has 0 bridgehead atoms. The highest BCUT2D eigenvalue weighted by molar-refractivity contribution is 7.98. The van der Waals surface area contributed by atoms with Crippen molar-refractivity contribution in [2.24, 2.45) is 0 Å². The molecule has 0 unspecified atom stereocenters. The summed E-state index contributed by atoms with van der Waals surface area (Å²) in [5.41, 5.74) is 2.34. The van der Waals surface area contributed by atoms with Crippen LogP contribution >= 0.6 is 23.4 Å². The van der Waals surface area contributed by atoms with Crippen LogP contribution in [0.5, 0.6) is 17.2 Å². The van der Waals surface area contributed by atoms with Gasteiger partial charge in [-0.1, -0.05) is 29.4 Å². The molecule has 0 aliphatic carbocycles. The number of aromatic nitrogens is 2. The Bertz CT molecular complexity index is 1120. The average Bonchev–Trinajstić information content (AvgIpc) is 2.80. The van der Waals surface area contributed by atoms with Crippen molar-refractivity contribution >= 4 is 34.9 Å². The van der Waals surface area contributed by atoms with E-state index in [2.05, 4.69) is 20.6 Å². The first-order chi connectivity index (χ1) is 16.2. The van der Waals surface area contributed by atoms with E-state index in [9.17, 15) is 0 Å². The second-order valence-corrected chi connectivity index (χ2v) is 7.49. The summed E-state index contributed by atoms with van der Waals surface area (Å²) in [5, 5.41) is 7.45. The average molecular weight is 464 g/mol. The van der Waals surface area contributed by atoms with Crippen LogP contribution in [0.25, 0.3) is 0 Å². The van der Waals surface area contributed by atoms with E-state index in [1.54, 1.807) is 38.5 Å². The van der Waals surface area contributed by atoms with Crippen LogP contribution in [0.3, 0.4) is 0 Å². The molecule has 164 valence electrons. The van der Waals surface area contributed by atoms with E-state index in [0.29, 0.717) is 52.0 Å². The molecule has 0 spiro atoms. The Kier molecular flexibility index (Phi) is 6.81. The highest BCUT2D eigenvalue weighted by atomic mass is 35.5. The molecule has 0 amide bonds. The van der Waals surface area contributed by atoms with Crippen LogP contribution in [-0.4, -0.2) is 37.5 Å². The van der Waals surface area contributed by atoms with Gasteiger partial charge in [-0.15, -0.1) is 0 Å². The van der Waals surface area contributed by atoms with Gasteiger partial charge in [-0.25, -0.2) is 9.97 Å². The van der Waals surface area contributed by atoms with E-state index in [1.807, 2.05) is 24.5 Å². The summed E-state index contributed by atoms with van der Waals surface area (Å²) >= 11 is 7.87. The standard InChI is InChI=1S/C22H25ClN4O3S/c1-28-16-9-6-15(7-10-16)25-21-18(20(23)26-22(27-21)31-4)13-24-12-14-5-8-17(29-2)11-19(14)30-3/h5-11,24H,12-13H2,1-4H3,(H,25,26,27)/i1D3. The maximum Gasteiger partial charge on any atom is 0.190 e. The molecule has 3 rings (SSSR count). The van der Waals surface area contributed by atoms with E-state index in [0.717, 1.165) is 5.56 Å². The van der Waals surface area contributed by atoms with E-state index in [4.69, 9.17) is 29.9 Å². The minimum Gasteiger partial charge on any atom is -0.497 e. The highest BCUT2D eigenvalue weighted by Gasteiger charge is 2.14. The van der Waals surface area contributed by atoms with E-state index >= 15 is 0 Å². The fraction of sp³-hybridized carbons (Fsp3) is 0.273. The topological polar surface area (TPSA) is 77.5 Å². The predicted octanol–water partition coefficient (Wildman–Crippen LogP) is 4.91. The summed E-state index contributed by atoms with van der Waals surface area (Å²) in [6, 6.07) is 12.2. The fourth-order valence-electron chi connectivity index (χ4n) is 2.85. The largest absolute Gasteiger partial charge is 0.497 e. The summed E-state index contributed by atoms with van der Waals surface area (Å²) in [4.78, 5) is 8.91. The number of nitrogens with one attached hydrogen (secondary N) is 2. The molecule has 0 aliphatic rings.